The van der Waals surface area contributed by atoms with E-state index in [0.717, 1.165) is 66.0 Å². The molecule has 0 saturated carbocycles. The van der Waals surface area contributed by atoms with Crippen molar-refractivity contribution in [2.45, 2.75) is 6.54 Å². The van der Waals surface area contributed by atoms with Gasteiger partial charge in [0, 0.05) is 43.7 Å². The van der Waals surface area contributed by atoms with Crippen LogP contribution in [0.25, 0.3) is 10.6 Å². The van der Waals surface area contributed by atoms with Gasteiger partial charge >= 0.3 is 0 Å². The molecule has 1 saturated heterocycles. The average Bonchev–Trinajstić information content (AvgIpc) is 3.23. The Morgan fingerprint density at radius 2 is 1.82 bits per heavy atom. The second kappa shape index (κ2) is 8.42. The third kappa shape index (κ3) is 4.01. The van der Waals surface area contributed by atoms with E-state index in [2.05, 4.69) is 21.2 Å². The largest absolute Gasteiger partial charge is 0.497 e. The van der Waals surface area contributed by atoms with Crippen LogP contribution in [0.2, 0.25) is 0 Å². The van der Waals surface area contributed by atoms with Crippen LogP contribution in [0.3, 0.4) is 0 Å². The van der Waals surface area contributed by atoms with Crippen molar-refractivity contribution >= 4 is 17.0 Å². The molecule has 0 aliphatic carbocycles. The molecule has 142 valence electrons. The molecule has 0 N–H and O–H groups in total. The van der Waals surface area contributed by atoms with E-state index in [1.165, 1.54) is 0 Å². The molecule has 1 fully saturated rings. The van der Waals surface area contributed by atoms with Crippen molar-refractivity contribution in [3.63, 3.8) is 0 Å². The lowest BCUT2D eigenvalue weighted by Crippen LogP contribution is -2.46. The van der Waals surface area contributed by atoms with E-state index < -0.39 is 0 Å². The van der Waals surface area contributed by atoms with Gasteiger partial charge in [0.05, 0.1) is 24.1 Å². The lowest BCUT2D eigenvalue weighted by molar-refractivity contribution is 0.247. The summed E-state index contributed by atoms with van der Waals surface area (Å²) in [5.41, 5.74) is 4.02. The van der Waals surface area contributed by atoms with Gasteiger partial charge in [-0.1, -0.05) is 12.1 Å². The van der Waals surface area contributed by atoms with Gasteiger partial charge in [-0.2, -0.15) is 5.26 Å². The van der Waals surface area contributed by atoms with Crippen molar-refractivity contribution in [1.29, 1.82) is 5.26 Å². The van der Waals surface area contributed by atoms with Gasteiger partial charge in [0.15, 0.2) is 0 Å². The minimum absolute atomic E-state index is 0.750. The van der Waals surface area contributed by atoms with Crippen LogP contribution in [0.15, 0.2) is 53.9 Å². The van der Waals surface area contributed by atoms with Crippen LogP contribution in [-0.4, -0.2) is 43.2 Å². The summed E-state index contributed by atoms with van der Waals surface area (Å²) < 4.78 is 5.22. The number of hydrogen-bond acceptors (Lipinski definition) is 6. The molecule has 1 aliphatic heterocycles. The molecule has 1 aliphatic rings. The Morgan fingerprint density at radius 3 is 2.54 bits per heavy atom. The number of piperazine rings is 1. The normalized spacial score (nSPS) is 14.6. The summed E-state index contributed by atoms with van der Waals surface area (Å²) in [6, 6.07) is 18.2. The first-order valence-corrected chi connectivity index (χ1v) is 10.2. The summed E-state index contributed by atoms with van der Waals surface area (Å²) in [5, 5.41) is 12.5. The molecule has 6 heteroatoms. The van der Waals surface area contributed by atoms with Gasteiger partial charge in [-0.3, -0.25) is 4.90 Å². The Balaban J connectivity index is 1.36. The minimum atomic E-state index is 0.750. The van der Waals surface area contributed by atoms with E-state index in [1.54, 1.807) is 18.4 Å². The van der Waals surface area contributed by atoms with Crippen LogP contribution in [0, 0.1) is 11.3 Å². The maximum absolute atomic E-state index is 9.32. The van der Waals surface area contributed by atoms with E-state index in [1.807, 2.05) is 48.5 Å². The highest BCUT2D eigenvalue weighted by molar-refractivity contribution is 7.13. The monoisotopic (exact) mass is 390 g/mol. The fourth-order valence-electron chi connectivity index (χ4n) is 3.47. The van der Waals surface area contributed by atoms with Crippen molar-refractivity contribution in [3.8, 4) is 22.4 Å². The molecule has 2 heterocycles. The Bertz CT molecular complexity index is 969. The zero-order chi connectivity index (χ0) is 19.3. The molecule has 0 atom stereocenters. The number of anilines is 1. The second-order valence-corrected chi connectivity index (χ2v) is 7.62. The molecular formula is C22H22N4OS. The summed E-state index contributed by atoms with van der Waals surface area (Å²) in [5.74, 6) is 0.858. The van der Waals surface area contributed by atoms with Crippen LogP contribution < -0.4 is 9.64 Å². The molecule has 0 bridgehead atoms. The van der Waals surface area contributed by atoms with E-state index in [0.29, 0.717) is 0 Å². The summed E-state index contributed by atoms with van der Waals surface area (Å²) in [6.07, 6.45) is 0. The van der Waals surface area contributed by atoms with Crippen LogP contribution in [-0.2, 0) is 6.54 Å². The van der Waals surface area contributed by atoms with E-state index in [9.17, 15) is 5.26 Å². The average molecular weight is 391 g/mol. The maximum atomic E-state index is 9.32. The number of nitrogens with zero attached hydrogens (tertiary/aromatic N) is 4. The third-order valence-electron chi connectivity index (χ3n) is 5.01. The molecule has 0 unspecified atom stereocenters. The van der Waals surface area contributed by atoms with Crippen LogP contribution in [0.4, 0.5) is 5.69 Å². The molecule has 28 heavy (non-hydrogen) atoms. The fourth-order valence-corrected chi connectivity index (χ4v) is 4.28. The minimum Gasteiger partial charge on any atom is -0.497 e. The topological polar surface area (TPSA) is 52.4 Å². The Labute approximate surface area is 169 Å². The van der Waals surface area contributed by atoms with Crippen molar-refractivity contribution in [2.75, 3.05) is 38.2 Å². The number of nitriles is 1. The second-order valence-electron chi connectivity index (χ2n) is 6.76. The molecule has 0 radical (unpaired) electrons. The smallest absolute Gasteiger partial charge is 0.123 e. The predicted molar refractivity (Wildman–Crippen MR) is 113 cm³/mol. The molecule has 1 aromatic heterocycles. The van der Waals surface area contributed by atoms with Crippen molar-refractivity contribution in [3.05, 3.63) is 65.2 Å². The van der Waals surface area contributed by atoms with Gasteiger partial charge in [0.25, 0.3) is 0 Å². The lowest BCUT2D eigenvalue weighted by atomic mass is 10.1. The number of aromatic nitrogens is 1. The molecular weight excluding hydrogens is 368 g/mol. The molecule has 2 aromatic carbocycles. The lowest BCUT2D eigenvalue weighted by Gasteiger charge is -2.36. The molecule has 0 amide bonds. The van der Waals surface area contributed by atoms with Crippen LogP contribution in [0.1, 0.15) is 11.3 Å². The zero-order valence-corrected chi connectivity index (χ0v) is 16.7. The van der Waals surface area contributed by atoms with Gasteiger partial charge < -0.3 is 9.64 Å². The van der Waals surface area contributed by atoms with Gasteiger partial charge in [-0.25, -0.2) is 4.98 Å². The standard InChI is InChI=1S/C22H22N4OS/c1-27-20-8-6-17(7-9-20)22-24-19(16-28-22)15-25-10-12-26(13-11-25)21-5-3-2-4-18(21)14-23/h2-9,16H,10-13,15H2,1H3. The van der Waals surface area contributed by atoms with Crippen molar-refractivity contribution in [2.24, 2.45) is 0 Å². The first kappa shape index (κ1) is 18.5. The first-order valence-electron chi connectivity index (χ1n) is 9.32. The van der Waals surface area contributed by atoms with Gasteiger partial charge in [0.2, 0.25) is 0 Å². The van der Waals surface area contributed by atoms with Gasteiger partial charge in [0.1, 0.15) is 16.8 Å². The van der Waals surface area contributed by atoms with E-state index in [4.69, 9.17) is 9.72 Å². The number of hydrogen-bond donors (Lipinski definition) is 0. The Hall–Kier alpha value is -2.88. The molecule has 0 spiro atoms. The zero-order valence-electron chi connectivity index (χ0n) is 15.8. The number of benzene rings is 2. The highest BCUT2D eigenvalue weighted by Crippen LogP contribution is 2.27. The third-order valence-corrected chi connectivity index (χ3v) is 5.95. The van der Waals surface area contributed by atoms with Gasteiger partial charge in [-0.05, 0) is 36.4 Å². The predicted octanol–water partition coefficient (Wildman–Crippen LogP) is 4.01. The summed E-state index contributed by atoms with van der Waals surface area (Å²) in [6.45, 7) is 4.65. The van der Waals surface area contributed by atoms with Crippen LogP contribution in [0.5, 0.6) is 5.75 Å². The van der Waals surface area contributed by atoms with Crippen LogP contribution >= 0.6 is 11.3 Å². The fraction of sp³-hybridized carbons (Fsp3) is 0.273. The maximum Gasteiger partial charge on any atom is 0.123 e. The van der Waals surface area contributed by atoms with Crippen molar-refractivity contribution < 1.29 is 4.74 Å². The summed E-state index contributed by atoms with van der Waals surface area (Å²) in [4.78, 5) is 9.55. The van der Waals surface area contributed by atoms with Crippen molar-refractivity contribution in [1.82, 2.24) is 9.88 Å². The van der Waals surface area contributed by atoms with E-state index in [-0.39, 0.29) is 0 Å². The quantitative estimate of drug-likeness (QED) is 0.659. The highest BCUT2D eigenvalue weighted by Gasteiger charge is 2.20. The number of ether oxygens (including phenoxy) is 1. The molecule has 3 aromatic rings. The molecule has 4 rings (SSSR count). The number of para-hydroxylation sites is 1. The summed E-state index contributed by atoms with van der Waals surface area (Å²) >= 11 is 1.68. The molecule has 5 nitrogen and oxygen atoms in total. The highest BCUT2D eigenvalue weighted by atomic mass is 32.1. The van der Waals surface area contributed by atoms with Gasteiger partial charge in [-0.15, -0.1) is 11.3 Å². The number of rotatable bonds is 5. The van der Waals surface area contributed by atoms with E-state index >= 15 is 0 Å². The number of methoxy groups -OCH3 is 1. The SMILES string of the molecule is COc1ccc(-c2nc(CN3CCN(c4ccccc4C#N)CC3)cs2)cc1. The number of thiazole rings is 1. The Morgan fingerprint density at radius 1 is 1.07 bits per heavy atom. The Kier molecular flexibility index (Phi) is 5.56. The summed E-state index contributed by atoms with van der Waals surface area (Å²) in [7, 11) is 1.68. The first-order chi connectivity index (χ1) is 13.8.